The molecule has 1 atom stereocenters. The minimum Gasteiger partial charge on any atom is -0.274 e. The molecular weight excluding hydrogens is 539 g/mol. The van der Waals surface area contributed by atoms with Crippen LogP contribution in [0.2, 0.25) is 0 Å². The number of carbonyl (C=O) groups is 2. The molecule has 0 saturated carbocycles. The summed E-state index contributed by atoms with van der Waals surface area (Å²) in [4.78, 5) is 27.4. The number of sulfonamides is 1. The molecule has 3 aromatic carbocycles. The zero-order chi connectivity index (χ0) is 22.9. The van der Waals surface area contributed by atoms with Crippen molar-refractivity contribution in [1.29, 1.82) is 0 Å². The van der Waals surface area contributed by atoms with E-state index in [9.17, 15) is 18.0 Å². The summed E-state index contributed by atoms with van der Waals surface area (Å²) in [6, 6.07) is 21.4. The largest absolute Gasteiger partial charge is 0.274 e. The first kappa shape index (κ1) is 22.6. The van der Waals surface area contributed by atoms with Gasteiger partial charge in [-0.1, -0.05) is 48.0 Å². The third-order valence-corrected chi connectivity index (χ3v) is 7.95. The maximum absolute atomic E-state index is 13.6. The quantitative estimate of drug-likeness (QED) is 0.336. The Morgan fingerprint density at radius 1 is 0.938 bits per heavy atom. The van der Waals surface area contributed by atoms with E-state index in [1.54, 1.807) is 48.5 Å². The van der Waals surface area contributed by atoms with Crippen molar-refractivity contribution in [2.24, 2.45) is 0 Å². The van der Waals surface area contributed by atoms with Gasteiger partial charge < -0.3 is 0 Å². The van der Waals surface area contributed by atoms with E-state index in [1.807, 2.05) is 25.1 Å². The minimum atomic E-state index is -4.04. The molecule has 0 N–H and O–H groups in total. The van der Waals surface area contributed by atoms with E-state index >= 15 is 0 Å². The molecule has 3 aromatic rings. The Labute approximate surface area is 201 Å². The van der Waals surface area contributed by atoms with E-state index in [0.717, 1.165) is 23.9 Å². The molecule has 1 saturated heterocycles. The first-order valence-corrected chi connectivity index (χ1v) is 12.5. The van der Waals surface area contributed by atoms with Gasteiger partial charge >= 0.3 is 0 Å². The lowest BCUT2D eigenvalue weighted by Crippen LogP contribution is -2.45. The number of nitrogens with zero attached hydrogens (tertiary/aromatic N) is 2. The van der Waals surface area contributed by atoms with Crippen LogP contribution >= 0.6 is 22.6 Å². The maximum Gasteiger partial charge on any atom is 0.252 e. The van der Waals surface area contributed by atoms with Crippen molar-refractivity contribution in [2.75, 3.05) is 4.90 Å². The number of carbonyl (C=O) groups excluding carboxylic acids is 2. The molecule has 2 amide bonds. The molecule has 0 radical (unpaired) electrons. The Kier molecular flexibility index (Phi) is 6.45. The van der Waals surface area contributed by atoms with Crippen LogP contribution in [0.15, 0.2) is 83.8 Å². The molecule has 1 aliphatic rings. The predicted octanol–water partition coefficient (Wildman–Crippen LogP) is 4.12. The summed E-state index contributed by atoms with van der Waals surface area (Å²) in [5, 5.41) is 0. The topological polar surface area (TPSA) is 74.8 Å². The highest BCUT2D eigenvalue weighted by atomic mass is 127. The molecule has 6 nitrogen and oxygen atoms in total. The predicted molar refractivity (Wildman–Crippen MR) is 130 cm³/mol. The summed E-state index contributed by atoms with van der Waals surface area (Å²) < 4.78 is 29.4. The molecule has 1 unspecified atom stereocenters. The number of hydrogen-bond acceptors (Lipinski definition) is 4. The number of benzene rings is 3. The van der Waals surface area contributed by atoms with Crippen molar-refractivity contribution in [3.63, 3.8) is 0 Å². The lowest BCUT2D eigenvalue weighted by Gasteiger charge is -2.27. The second kappa shape index (κ2) is 9.13. The SMILES string of the molecule is Cc1ccc(S(=O)(=O)N(Cc2ccccc2)C2CC(=O)N(c3ccc(I)cc3)C2=O)cc1. The zero-order valence-electron chi connectivity index (χ0n) is 17.3. The summed E-state index contributed by atoms with van der Waals surface area (Å²) in [7, 11) is -4.04. The third-order valence-electron chi connectivity index (χ3n) is 5.36. The molecule has 1 aliphatic heterocycles. The molecule has 4 rings (SSSR count). The Bertz CT molecular complexity index is 1240. The molecule has 0 aliphatic carbocycles. The van der Waals surface area contributed by atoms with E-state index in [1.165, 1.54) is 12.1 Å². The van der Waals surface area contributed by atoms with Crippen LogP contribution in [0.3, 0.4) is 0 Å². The lowest BCUT2D eigenvalue weighted by molar-refractivity contribution is -0.122. The second-order valence-corrected chi connectivity index (χ2v) is 10.7. The Hall–Kier alpha value is -2.56. The van der Waals surface area contributed by atoms with Gasteiger partial charge in [-0.15, -0.1) is 0 Å². The van der Waals surface area contributed by atoms with Gasteiger partial charge in [0.15, 0.2) is 0 Å². The molecule has 0 spiro atoms. The van der Waals surface area contributed by atoms with Crippen LogP contribution in [0.1, 0.15) is 17.5 Å². The van der Waals surface area contributed by atoms with Gasteiger partial charge in [0.05, 0.1) is 17.0 Å². The summed E-state index contributed by atoms with van der Waals surface area (Å²) in [5.74, 6) is -0.957. The van der Waals surface area contributed by atoms with Crippen molar-refractivity contribution in [3.05, 3.63) is 93.6 Å². The number of aryl methyl sites for hydroxylation is 1. The summed E-state index contributed by atoms with van der Waals surface area (Å²) in [6.07, 6.45) is -0.206. The number of amides is 2. The fraction of sp³-hybridized carbons (Fsp3) is 0.167. The van der Waals surface area contributed by atoms with E-state index in [4.69, 9.17) is 0 Å². The minimum absolute atomic E-state index is 0.0126. The highest BCUT2D eigenvalue weighted by molar-refractivity contribution is 14.1. The van der Waals surface area contributed by atoms with Crippen LogP contribution in [0.25, 0.3) is 0 Å². The van der Waals surface area contributed by atoms with E-state index in [0.29, 0.717) is 5.69 Å². The Balaban J connectivity index is 1.74. The Morgan fingerprint density at radius 3 is 2.19 bits per heavy atom. The zero-order valence-corrected chi connectivity index (χ0v) is 20.3. The maximum atomic E-state index is 13.6. The van der Waals surface area contributed by atoms with Crippen LogP contribution in [0, 0.1) is 10.5 Å². The van der Waals surface area contributed by atoms with Crippen molar-refractivity contribution in [2.45, 2.75) is 30.8 Å². The average Bonchev–Trinajstić information content (AvgIpc) is 3.07. The van der Waals surface area contributed by atoms with Crippen molar-refractivity contribution in [3.8, 4) is 0 Å². The van der Waals surface area contributed by atoms with Gasteiger partial charge in [0.1, 0.15) is 6.04 Å². The van der Waals surface area contributed by atoms with Crippen LogP contribution in [-0.4, -0.2) is 30.6 Å². The normalized spacial score (nSPS) is 16.7. The van der Waals surface area contributed by atoms with Crippen molar-refractivity contribution < 1.29 is 18.0 Å². The van der Waals surface area contributed by atoms with Crippen molar-refractivity contribution >= 4 is 50.1 Å². The van der Waals surface area contributed by atoms with Gasteiger partial charge in [-0.25, -0.2) is 13.3 Å². The van der Waals surface area contributed by atoms with E-state index in [2.05, 4.69) is 22.6 Å². The molecule has 8 heteroatoms. The first-order valence-electron chi connectivity index (χ1n) is 10.0. The van der Waals surface area contributed by atoms with Gasteiger partial charge in [0.2, 0.25) is 15.9 Å². The lowest BCUT2D eigenvalue weighted by atomic mass is 10.2. The van der Waals surface area contributed by atoms with Crippen LogP contribution in [-0.2, 0) is 26.2 Å². The molecule has 0 aromatic heterocycles. The van der Waals surface area contributed by atoms with Gasteiger partial charge in [-0.05, 0) is 71.5 Å². The van der Waals surface area contributed by atoms with Gasteiger partial charge in [0.25, 0.3) is 5.91 Å². The second-order valence-electron chi connectivity index (χ2n) is 7.61. The summed E-state index contributed by atoms with van der Waals surface area (Å²) >= 11 is 2.14. The molecule has 1 fully saturated rings. The molecule has 164 valence electrons. The number of imide groups is 1. The summed E-state index contributed by atoms with van der Waals surface area (Å²) in [6.45, 7) is 1.86. The van der Waals surface area contributed by atoms with E-state index in [-0.39, 0.29) is 17.9 Å². The number of anilines is 1. The number of halogens is 1. The fourth-order valence-electron chi connectivity index (χ4n) is 3.67. The van der Waals surface area contributed by atoms with Crippen LogP contribution in [0.4, 0.5) is 5.69 Å². The van der Waals surface area contributed by atoms with Gasteiger partial charge in [0, 0.05) is 10.1 Å². The van der Waals surface area contributed by atoms with Crippen LogP contribution in [0.5, 0.6) is 0 Å². The monoisotopic (exact) mass is 560 g/mol. The molecule has 1 heterocycles. The summed E-state index contributed by atoms with van der Waals surface area (Å²) in [5.41, 5.74) is 2.10. The van der Waals surface area contributed by atoms with Gasteiger partial charge in [-0.2, -0.15) is 4.31 Å². The molecule has 32 heavy (non-hydrogen) atoms. The first-order chi connectivity index (χ1) is 15.3. The fourth-order valence-corrected chi connectivity index (χ4v) is 5.60. The van der Waals surface area contributed by atoms with Gasteiger partial charge in [-0.3, -0.25) is 9.59 Å². The Morgan fingerprint density at radius 2 is 1.56 bits per heavy atom. The highest BCUT2D eigenvalue weighted by Crippen LogP contribution is 2.31. The third kappa shape index (κ3) is 4.48. The average molecular weight is 560 g/mol. The van der Waals surface area contributed by atoms with Crippen molar-refractivity contribution in [1.82, 2.24) is 4.31 Å². The standard InChI is InChI=1S/C24H21IN2O4S/c1-17-7-13-21(14-8-17)32(30,31)26(16-18-5-3-2-4-6-18)22-15-23(28)27(24(22)29)20-11-9-19(25)10-12-20/h2-14,22H,15-16H2,1H3. The number of rotatable bonds is 6. The molecular formula is C24H21IN2O4S. The highest BCUT2D eigenvalue weighted by Gasteiger charge is 2.46. The van der Waals surface area contributed by atoms with Crippen LogP contribution < -0.4 is 4.90 Å². The smallest absolute Gasteiger partial charge is 0.252 e. The molecule has 0 bridgehead atoms. The van der Waals surface area contributed by atoms with E-state index < -0.39 is 27.9 Å². The number of hydrogen-bond donors (Lipinski definition) is 0.